The Morgan fingerprint density at radius 3 is 2.31 bits per heavy atom. The van der Waals surface area contributed by atoms with Crippen LogP contribution in [0.15, 0.2) is 90.0 Å². The van der Waals surface area contributed by atoms with Crippen LogP contribution >= 0.6 is 11.6 Å². The van der Waals surface area contributed by atoms with Gasteiger partial charge in [0.2, 0.25) is 0 Å². The number of fused-ring (bicyclic) bond motifs is 1. The van der Waals surface area contributed by atoms with E-state index in [1.807, 2.05) is 0 Å². The highest BCUT2D eigenvalue weighted by Gasteiger charge is 2.34. The van der Waals surface area contributed by atoms with Crippen LogP contribution in [0.25, 0.3) is 28.2 Å². The lowest BCUT2D eigenvalue weighted by molar-refractivity contribution is -0.137. The summed E-state index contributed by atoms with van der Waals surface area (Å²) in [6, 6.07) is 19.8. The lowest BCUT2D eigenvalue weighted by Gasteiger charge is -2.19. The topological polar surface area (TPSA) is 105 Å². The Balaban J connectivity index is 1.49. The van der Waals surface area contributed by atoms with Crippen molar-refractivity contribution < 1.29 is 31.5 Å². The molecule has 0 aliphatic rings. The zero-order chi connectivity index (χ0) is 30.2. The number of aromatic nitrogens is 3. The number of carbonyl (C=O) groups is 1. The highest BCUT2D eigenvalue weighted by atomic mass is 35.5. The first-order valence-electron chi connectivity index (χ1n) is 12.5. The highest BCUT2D eigenvalue weighted by molar-refractivity contribution is 7.89. The van der Waals surface area contributed by atoms with Crippen molar-refractivity contribution in [2.75, 3.05) is 6.54 Å². The molecule has 2 aromatic heterocycles. The van der Waals surface area contributed by atoms with Gasteiger partial charge in [-0.2, -0.15) is 13.2 Å². The highest BCUT2D eigenvalue weighted by Crippen LogP contribution is 2.38. The fourth-order valence-electron chi connectivity index (χ4n) is 4.44. The van der Waals surface area contributed by atoms with Crippen LogP contribution in [-0.4, -0.2) is 45.0 Å². The van der Waals surface area contributed by atoms with E-state index in [9.17, 15) is 31.5 Å². The molecule has 0 radical (unpaired) electrons. The van der Waals surface area contributed by atoms with Crippen LogP contribution in [-0.2, 0) is 22.6 Å². The molecule has 5 rings (SSSR count). The predicted octanol–water partition coefficient (Wildman–Crippen LogP) is 6.98. The van der Waals surface area contributed by atoms with Crippen molar-refractivity contribution in [2.45, 2.75) is 24.4 Å². The lowest BCUT2D eigenvalue weighted by Crippen LogP contribution is -2.37. The third-order valence-corrected chi connectivity index (χ3v) is 8.66. The molecule has 0 unspecified atom stereocenters. The van der Waals surface area contributed by atoms with E-state index in [0.29, 0.717) is 26.8 Å². The molecule has 13 heteroatoms. The Bertz CT molecular complexity index is 1880. The molecule has 1 N–H and O–H groups in total. The van der Waals surface area contributed by atoms with Crippen LogP contribution in [0.1, 0.15) is 16.7 Å². The Morgan fingerprint density at radius 1 is 1.02 bits per heavy atom. The number of alkyl halides is 3. The summed E-state index contributed by atoms with van der Waals surface area (Å²) in [6.07, 6.45) is -4.66. The molecule has 42 heavy (non-hydrogen) atoms. The Kier molecular flexibility index (Phi) is 7.69. The molecular formula is C29H22ClF3N4O4S. The molecule has 0 spiro atoms. The number of carboxylic acid groups (broad SMARTS) is 1. The number of hydrogen-bond donors (Lipinski definition) is 1. The van der Waals surface area contributed by atoms with Gasteiger partial charge in [0.05, 0.1) is 26.5 Å². The molecule has 1 amide bonds. The number of amides is 1. The molecule has 5 aromatic rings. The van der Waals surface area contributed by atoms with E-state index in [2.05, 4.69) is 9.97 Å². The predicted molar refractivity (Wildman–Crippen MR) is 151 cm³/mol. The lowest BCUT2D eigenvalue weighted by atomic mass is 10.1. The van der Waals surface area contributed by atoms with Gasteiger partial charge in [-0.3, -0.25) is 9.55 Å². The first kappa shape index (κ1) is 29.1. The van der Waals surface area contributed by atoms with Crippen LogP contribution in [0.5, 0.6) is 0 Å². The van der Waals surface area contributed by atoms with Crippen molar-refractivity contribution in [1.29, 1.82) is 0 Å². The number of rotatable bonds is 7. The van der Waals surface area contributed by atoms with Gasteiger partial charge in [0.15, 0.2) is 5.82 Å². The fraction of sp³-hybridized carbons (Fsp3) is 0.138. The van der Waals surface area contributed by atoms with Gasteiger partial charge in [-0.05, 0) is 67.4 Å². The van der Waals surface area contributed by atoms with E-state index in [-0.39, 0.29) is 29.2 Å². The van der Waals surface area contributed by atoms with Gasteiger partial charge in [-0.1, -0.05) is 47.5 Å². The minimum absolute atomic E-state index is 0.0647. The normalized spacial score (nSPS) is 12.0. The summed E-state index contributed by atoms with van der Waals surface area (Å²) in [5.74, 6) is 0.287. The maximum Gasteiger partial charge on any atom is 0.421 e. The SMILES string of the molecule is Cc1ccc(S(=O)(=O)N(CCc2ccc(-n3c(-c4ccccn4)nc4cc(C(F)(F)F)c(Cl)cc43)cc2)C(=O)O)cc1. The van der Waals surface area contributed by atoms with E-state index in [4.69, 9.17) is 11.6 Å². The van der Waals surface area contributed by atoms with Crippen LogP contribution in [0, 0.1) is 6.92 Å². The second kappa shape index (κ2) is 11.1. The van der Waals surface area contributed by atoms with Crippen molar-refractivity contribution in [1.82, 2.24) is 18.8 Å². The monoisotopic (exact) mass is 614 g/mol. The number of halogens is 4. The second-order valence-electron chi connectivity index (χ2n) is 9.39. The van der Waals surface area contributed by atoms with Gasteiger partial charge in [0, 0.05) is 18.4 Å². The molecule has 3 aromatic carbocycles. The van der Waals surface area contributed by atoms with E-state index < -0.39 is 32.9 Å². The quantitative estimate of drug-likeness (QED) is 0.212. The zero-order valence-electron chi connectivity index (χ0n) is 21.9. The molecule has 216 valence electrons. The second-order valence-corrected chi connectivity index (χ2v) is 11.7. The summed E-state index contributed by atoms with van der Waals surface area (Å²) in [7, 11) is -4.29. The maximum atomic E-state index is 13.5. The minimum Gasteiger partial charge on any atom is -0.464 e. The Hall–Kier alpha value is -4.42. The number of benzene rings is 3. The average molecular weight is 615 g/mol. The van der Waals surface area contributed by atoms with E-state index in [1.165, 1.54) is 24.4 Å². The molecule has 0 aliphatic heterocycles. The maximum absolute atomic E-state index is 13.5. The first-order chi connectivity index (χ1) is 19.9. The van der Waals surface area contributed by atoms with Crippen LogP contribution in [0.3, 0.4) is 0 Å². The van der Waals surface area contributed by atoms with E-state index in [0.717, 1.165) is 11.6 Å². The van der Waals surface area contributed by atoms with Crippen LogP contribution in [0.4, 0.5) is 18.0 Å². The first-order valence-corrected chi connectivity index (χ1v) is 14.3. The van der Waals surface area contributed by atoms with E-state index >= 15 is 0 Å². The van der Waals surface area contributed by atoms with Gasteiger partial charge in [0.25, 0.3) is 10.0 Å². The average Bonchev–Trinajstić information content (AvgIpc) is 3.31. The Morgan fingerprint density at radius 2 is 1.71 bits per heavy atom. The smallest absolute Gasteiger partial charge is 0.421 e. The molecular weight excluding hydrogens is 593 g/mol. The zero-order valence-corrected chi connectivity index (χ0v) is 23.5. The summed E-state index contributed by atoms with van der Waals surface area (Å²) in [4.78, 5) is 20.5. The molecule has 8 nitrogen and oxygen atoms in total. The van der Waals surface area contributed by atoms with Gasteiger partial charge in [0.1, 0.15) is 5.69 Å². The Labute approximate surface area is 243 Å². The van der Waals surface area contributed by atoms with Gasteiger partial charge >= 0.3 is 12.3 Å². The third-order valence-electron chi connectivity index (χ3n) is 6.56. The van der Waals surface area contributed by atoms with Crippen molar-refractivity contribution in [3.05, 3.63) is 107 Å². The molecule has 0 saturated carbocycles. The summed E-state index contributed by atoms with van der Waals surface area (Å²) in [6.45, 7) is 1.46. The number of hydrogen-bond acceptors (Lipinski definition) is 5. The van der Waals surface area contributed by atoms with Crippen molar-refractivity contribution in [3.63, 3.8) is 0 Å². The molecule has 0 bridgehead atoms. The number of aryl methyl sites for hydroxylation is 1. The largest absolute Gasteiger partial charge is 0.464 e. The number of nitrogens with zero attached hydrogens (tertiary/aromatic N) is 4. The van der Waals surface area contributed by atoms with Crippen LogP contribution in [0.2, 0.25) is 5.02 Å². The summed E-state index contributed by atoms with van der Waals surface area (Å²) >= 11 is 6.03. The summed E-state index contributed by atoms with van der Waals surface area (Å²) < 4.78 is 68.6. The van der Waals surface area contributed by atoms with Crippen LogP contribution < -0.4 is 0 Å². The summed E-state index contributed by atoms with van der Waals surface area (Å²) in [5, 5.41) is 9.17. The minimum atomic E-state index is -4.67. The number of imidazole rings is 1. The van der Waals surface area contributed by atoms with Gasteiger partial charge in [-0.25, -0.2) is 22.5 Å². The molecule has 0 atom stereocenters. The fourth-order valence-corrected chi connectivity index (χ4v) is 5.98. The molecule has 2 heterocycles. The van der Waals surface area contributed by atoms with Crippen molar-refractivity contribution >= 4 is 38.8 Å². The van der Waals surface area contributed by atoms with Gasteiger partial charge in [-0.15, -0.1) is 0 Å². The molecule has 0 saturated heterocycles. The van der Waals surface area contributed by atoms with Gasteiger partial charge < -0.3 is 5.11 Å². The molecule has 0 aliphatic carbocycles. The number of pyridine rings is 1. The number of sulfonamides is 1. The van der Waals surface area contributed by atoms with Crippen molar-refractivity contribution in [3.8, 4) is 17.2 Å². The molecule has 0 fully saturated rings. The third kappa shape index (κ3) is 5.68. The summed E-state index contributed by atoms with van der Waals surface area (Å²) in [5.41, 5.74) is 1.78. The van der Waals surface area contributed by atoms with E-state index in [1.54, 1.807) is 66.1 Å². The van der Waals surface area contributed by atoms with Crippen molar-refractivity contribution in [2.24, 2.45) is 0 Å². The standard InChI is InChI=1S/C29H22ClF3N4O4S/c1-18-5-11-21(12-6-18)42(40,41)36(28(38)39)15-13-19-7-9-20(10-8-19)37-26-17-23(30)22(29(31,32)33)16-25(26)35-27(37)24-4-2-3-14-34-24/h2-12,14,16-17H,13,15H2,1H3,(H,38,39).